The fourth-order valence-corrected chi connectivity index (χ4v) is 4.87. The van der Waals surface area contributed by atoms with Gasteiger partial charge in [-0.1, -0.05) is 35.9 Å². The fraction of sp³-hybridized carbons (Fsp3) is 0.0952. The summed E-state index contributed by atoms with van der Waals surface area (Å²) < 4.78 is 1.73. The standard InChI is InChI=1S/C21H16Cl2N4OS2/c1-13-10-11-29-18(13)19(28)24-16-4-2-3-5-17(16)30-21-25-20(23)26-27(21)12-14-6-8-15(22)9-7-14/h2-11H,12H2,1H3,(H,24,28). The van der Waals surface area contributed by atoms with E-state index >= 15 is 0 Å². The van der Waals surface area contributed by atoms with Gasteiger partial charge in [0.1, 0.15) is 0 Å². The van der Waals surface area contributed by atoms with E-state index in [-0.39, 0.29) is 11.2 Å². The van der Waals surface area contributed by atoms with Gasteiger partial charge in [-0.3, -0.25) is 4.79 Å². The zero-order valence-electron chi connectivity index (χ0n) is 15.8. The summed E-state index contributed by atoms with van der Waals surface area (Å²) in [5.74, 6) is -0.129. The number of nitrogens with one attached hydrogen (secondary N) is 1. The zero-order valence-corrected chi connectivity index (χ0v) is 18.9. The second kappa shape index (κ2) is 9.22. The molecule has 0 saturated heterocycles. The van der Waals surface area contributed by atoms with Gasteiger partial charge in [0.25, 0.3) is 5.91 Å². The van der Waals surface area contributed by atoms with E-state index in [1.54, 1.807) is 4.68 Å². The molecule has 1 N–H and O–H groups in total. The summed E-state index contributed by atoms with van der Waals surface area (Å²) in [6, 6.07) is 17.1. The fourth-order valence-electron chi connectivity index (χ4n) is 2.78. The molecule has 30 heavy (non-hydrogen) atoms. The second-order valence-electron chi connectivity index (χ2n) is 6.43. The number of hydrogen-bond acceptors (Lipinski definition) is 5. The van der Waals surface area contributed by atoms with E-state index in [4.69, 9.17) is 23.2 Å². The molecule has 1 amide bonds. The van der Waals surface area contributed by atoms with Gasteiger partial charge in [-0.2, -0.15) is 4.98 Å². The van der Waals surface area contributed by atoms with Gasteiger partial charge >= 0.3 is 0 Å². The van der Waals surface area contributed by atoms with Gasteiger partial charge in [0.2, 0.25) is 5.28 Å². The third-order valence-corrected chi connectivity index (χ3v) is 6.75. The third kappa shape index (κ3) is 4.87. The van der Waals surface area contributed by atoms with E-state index in [1.807, 2.05) is 66.9 Å². The van der Waals surface area contributed by atoms with E-state index in [1.165, 1.54) is 23.1 Å². The lowest BCUT2D eigenvalue weighted by Crippen LogP contribution is -2.12. The first-order chi connectivity index (χ1) is 14.5. The molecule has 0 bridgehead atoms. The lowest BCUT2D eigenvalue weighted by molar-refractivity contribution is 0.103. The molecule has 152 valence electrons. The Morgan fingerprint density at radius 1 is 1.13 bits per heavy atom. The highest BCUT2D eigenvalue weighted by Crippen LogP contribution is 2.34. The summed E-state index contributed by atoms with van der Waals surface area (Å²) in [5.41, 5.74) is 2.69. The summed E-state index contributed by atoms with van der Waals surface area (Å²) in [7, 11) is 0. The van der Waals surface area contributed by atoms with Crippen molar-refractivity contribution in [2.75, 3.05) is 5.32 Å². The van der Waals surface area contributed by atoms with E-state index < -0.39 is 0 Å². The molecule has 0 aliphatic heterocycles. The number of nitrogens with zero attached hydrogens (tertiary/aromatic N) is 3. The van der Waals surface area contributed by atoms with E-state index in [0.717, 1.165) is 16.0 Å². The number of benzene rings is 2. The smallest absolute Gasteiger partial charge is 0.266 e. The number of hydrogen-bond donors (Lipinski definition) is 1. The van der Waals surface area contributed by atoms with Crippen molar-refractivity contribution < 1.29 is 4.79 Å². The zero-order chi connectivity index (χ0) is 21.1. The Morgan fingerprint density at radius 3 is 2.63 bits per heavy atom. The minimum atomic E-state index is -0.129. The first-order valence-corrected chi connectivity index (χ1v) is 11.4. The Hall–Kier alpha value is -2.32. The SMILES string of the molecule is Cc1ccsc1C(=O)Nc1ccccc1Sc1nc(Cl)nn1Cc1ccc(Cl)cc1. The minimum Gasteiger partial charge on any atom is -0.320 e. The minimum absolute atomic E-state index is 0.129. The largest absolute Gasteiger partial charge is 0.320 e. The van der Waals surface area contributed by atoms with Crippen molar-refractivity contribution in [1.82, 2.24) is 14.8 Å². The highest BCUT2D eigenvalue weighted by molar-refractivity contribution is 7.99. The molecule has 2 aromatic heterocycles. The lowest BCUT2D eigenvalue weighted by Gasteiger charge is -2.11. The van der Waals surface area contributed by atoms with Gasteiger partial charge in [0, 0.05) is 9.92 Å². The van der Waals surface area contributed by atoms with Gasteiger partial charge < -0.3 is 5.32 Å². The molecule has 9 heteroatoms. The molecular formula is C21H16Cl2N4OS2. The molecular weight excluding hydrogens is 459 g/mol. The van der Waals surface area contributed by atoms with Crippen LogP contribution in [0.25, 0.3) is 0 Å². The Kier molecular flexibility index (Phi) is 6.43. The number of para-hydroxylation sites is 1. The first-order valence-electron chi connectivity index (χ1n) is 8.97. The second-order valence-corrected chi connectivity index (χ2v) is 9.13. The van der Waals surface area contributed by atoms with Gasteiger partial charge in [0.15, 0.2) is 5.16 Å². The van der Waals surface area contributed by atoms with E-state index in [2.05, 4.69) is 15.4 Å². The van der Waals surface area contributed by atoms with E-state index in [9.17, 15) is 4.79 Å². The van der Waals surface area contributed by atoms with Crippen LogP contribution in [0.2, 0.25) is 10.3 Å². The van der Waals surface area contributed by atoms with Crippen LogP contribution in [0, 0.1) is 6.92 Å². The number of halogens is 2. The van der Waals surface area contributed by atoms with Crippen LogP contribution in [-0.2, 0) is 6.54 Å². The van der Waals surface area contributed by atoms with Crippen molar-refractivity contribution in [2.45, 2.75) is 23.5 Å². The summed E-state index contributed by atoms with van der Waals surface area (Å²) in [5, 5.41) is 10.7. The number of aromatic nitrogens is 3. The van der Waals surface area contributed by atoms with Crippen molar-refractivity contribution in [1.29, 1.82) is 0 Å². The maximum Gasteiger partial charge on any atom is 0.266 e. The van der Waals surface area contributed by atoms with Crippen LogP contribution in [-0.4, -0.2) is 20.7 Å². The Bertz CT molecular complexity index is 1190. The van der Waals surface area contributed by atoms with Gasteiger partial charge in [-0.25, -0.2) is 4.68 Å². The number of aryl methyl sites for hydroxylation is 1. The number of thiophene rings is 1. The Morgan fingerprint density at radius 2 is 1.90 bits per heavy atom. The topological polar surface area (TPSA) is 59.8 Å². The average Bonchev–Trinajstić information content (AvgIpc) is 3.30. The van der Waals surface area contributed by atoms with Crippen molar-refractivity contribution in [2.24, 2.45) is 0 Å². The molecule has 2 heterocycles. The molecule has 0 aliphatic rings. The quantitative estimate of drug-likeness (QED) is 0.350. The molecule has 0 unspecified atom stereocenters. The van der Waals surface area contributed by atoms with Crippen molar-refractivity contribution in [3.63, 3.8) is 0 Å². The van der Waals surface area contributed by atoms with Gasteiger partial charge in [0.05, 0.1) is 17.1 Å². The number of anilines is 1. The van der Waals surface area contributed by atoms with Crippen LogP contribution < -0.4 is 5.32 Å². The van der Waals surface area contributed by atoms with Crippen LogP contribution >= 0.6 is 46.3 Å². The molecule has 0 radical (unpaired) electrons. The van der Waals surface area contributed by atoms with Crippen molar-refractivity contribution in [3.8, 4) is 0 Å². The van der Waals surface area contributed by atoms with Crippen molar-refractivity contribution in [3.05, 3.63) is 86.3 Å². The van der Waals surface area contributed by atoms with Crippen molar-refractivity contribution >= 4 is 57.9 Å². The third-order valence-electron chi connectivity index (χ3n) is 4.26. The Labute approximate surface area is 192 Å². The average molecular weight is 475 g/mol. The Balaban J connectivity index is 1.57. The highest BCUT2D eigenvalue weighted by Gasteiger charge is 2.16. The maximum absolute atomic E-state index is 12.7. The number of carbonyl (C=O) groups is 1. The van der Waals surface area contributed by atoms with E-state index in [0.29, 0.717) is 27.3 Å². The summed E-state index contributed by atoms with van der Waals surface area (Å²) >= 11 is 14.9. The summed E-state index contributed by atoms with van der Waals surface area (Å²) in [6.45, 7) is 2.43. The molecule has 0 aliphatic carbocycles. The lowest BCUT2D eigenvalue weighted by atomic mass is 10.2. The normalized spacial score (nSPS) is 10.9. The summed E-state index contributed by atoms with van der Waals surface area (Å²) in [4.78, 5) is 18.6. The molecule has 0 fully saturated rings. The number of amides is 1. The molecule has 5 nitrogen and oxygen atoms in total. The van der Waals surface area contributed by atoms with Crippen LogP contribution in [0.3, 0.4) is 0 Å². The van der Waals surface area contributed by atoms with Crippen LogP contribution in [0.1, 0.15) is 20.8 Å². The molecule has 4 aromatic rings. The predicted octanol–water partition coefficient (Wildman–Crippen LogP) is 6.41. The molecule has 0 spiro atoms. The molecule has 0 atom stereocenters. The van der Waals surface area contributed by atoms with Crippen LogP contribution in [0.15, 0.2) is 70.0 Å². The predicted molar refractivity (Wildman–Crippen MR) is 123 cm³/mol. The summed E-state index contributed by atoms with van der Waals surface area (Å²) in [6.07, 6.45) is 0. The maximum atomic E-state index is 12.7. The van der Waals surface area contributed by atoms with Gasteiger partial charge in [-0.05, 0) is 77.1 Å². The molecule has 2 aromatic carbocycles. The first kappa shape index (κ1) is 20.9. The van der Waals surface area contributed by atoms with Crippen LogP contribution in [0.4, 0.5) is 5.69 Å². The van der Waals surface area contributed by atoms with Gasteiger partial charge in [-0.15, -0.1) is 16.4 Å². The molecule has 4 rings (SSSR count). The monoisotopic (exact) mass is 474 g/mol. The number of carbonyl (C=O) groups excluding carboxylic acids is 1. The number of rotatable bonds is 6. The van der Waals surface area contributed by atoms with Crippen LogP contribution in [0.5, 0.6) is 0 Å². The highest BCUT2D eigenvalue weighted by atomic mass is 35.5. The molecule has 0 saturated carbocycles.